The summed E-state index contributed by atoms with van der Waals surface area (Å²) < 4.78 is 3.98. The predicted molar refractivity (Wildman–Crippen MR) is 79.2 cm³/mol. The number of aromatic amines is 1. The van der Waals surface area contributed by atoms with Crippen LogP contribution in [0.2, 0.25) is 0 Å². The van der Waals surface area contributed by atoms with Gasteiger partial charge in [0.1, 0.15) is 5.82 Å². The molecular formula is C13H12N6OS. The van der Waals surface area contributed by atoms with E-state index in [1.165, 1.54) is 0 Å². The summed E-state index contributed by atoms with van der Waals surface area (Å²) >= 11 is 1.06. The van der Waals surface area contributed by atoms with Crippen LogP contribution in [0.3, 0.4) is 0 Å². The molecule has 2 N–H and O–H groups in total. The summed E-state index contributed by atoms with van der Waals surface area (Å²) in [7, 11) is 0. The predicted octanol–water partition coefficient (Wildman–Crippen LogP) is 2.19. The number of H-pyrrole nitrogens is 1. The molecule has 0 unspecified atom stereocenters. The van der Waals surface area contributed by atoms with Gasteiger partial charge in [0.25, 0.3) is 5.91 Å². The molecule has 3 aromatic heterocycles. The second-order valence-electron chi connectivity index (χ2n) is 4.45. The maximum absolute atomic E-state index is 12.0. The lowest BCUT2D eigenvalue weighted by molar-refractivity contribution is 0.102. The number of aryl methyl sites for hydroxylation is 2. The number of hydrogen-bond donors (Lipinski definition) is 2. The molecule has 0 fully saturated rings. The summed E-state index contributed by atoms with van der Waals surface area (Å²) in [6.07, 6.45) is 1.73. The molecule has 7 nitrogen and oxygen atoms in total. The minimum absolute atomic E-state index is 0.315. The van der Waals surface area contributed by atoms with Crippen molar-refractivity contribution in [3.63, 3.8) is 0 Å². The van der Waals surface area contributed by atoms with Crippen LogP contribution in [0, 0.1) is 13.8 Å². The van der Waals surface area contributed by atoms with Crippen molar-refractivity contribution in [2.45, 2.75) is 13.8 Å². The number of nitrogens with zero attached hydrogens (tertiary/aromatic N) is 4. The van der Waals surface area contributed by atoms with Crippen molar-refractivity contribution in [3.8, 4) is 11.3 Å². The Morgan fingerprint density at radius 3 is 2.90 bits per heavy atom. The molecule has 0 aromatic carbocycles. The topological polar surface area (TPSA) is 96.5 Å². The quantitative estimate of drug-likeness (QED) is 0.773. The van der Waals surface area contributed by atoms with Crippen LogP contribution in [0.4, 0.5) is 5.82 Å². The number of nitrogens with one attached hydrogen (secondary N) is 2. The summed E-state index contributed by atoms with van der Waals surface area (Å²) in [6, 6.07) is 5.58. The van der Waals surface area contributed by atoms with Crippen molar-refractivity contribution < 1.29 is 4.79 Å². The molecule has 0 saturated carbocycles. The van der Waals surface area contributed by atoms with Crippen LogP contribution in [0.5, 0.6) is 0 Å². The fraction of sp³-hybridized carbons (Fsp3) is 0.154. The van der Waals surface area contributed by atoms with Gasteiger partial charge in [-0.05, 0) is 37.5 Å². The zero-order chi connectivity index (χ0) is 14.8. The summed E-state index contributed by atoms with van der Waals surface area (Å²) in [5.41, 5.74) is 2.68. The first kappa shape index (κ1) is 13.4. The SMILES string of the molecule is Cc1cc(-c2cc(NC(=O)c3nc(C)ns3)n[nH]2)ccn1. The lowest BCUT2D eigenvalue weighted by Gasteiger charge is -1.97. The standard InChI is InChI=1S/C13H12N6OS/c1-7-5-9(3-4-14-7)10-6-11(18-17-10)16-12(20)13-15-8(2)19-21-13/h3-6H,1-2H3,(H2,16,17,18,20). The summed E-state index contributed by atoms with van der Waals surface area (Å²) in [5.74, 6) is 0.710. The van der Waals surface area contributed by atoms with Gasteiger partial charge in [-0.1, -0.05) is 0 Å². The number of pyridine rings is 1. The molecule has 0 aliphatic rings. The Balaban J connectivity index is 1.78. The Bertz CT molecular complexity index is 793. The minimum atomic E-state index is -0.315. The second-order valence-corrected chi connectivity index (χ2v) is 5.21. The molecule has 106 valence electrons. The number of rotatable bonds is 3. The lowest BCUT2D eigenvalue weighted by Crippen LogP contribution is -2.11. The molecule has 1 amide bonds. The van der Waals surface area contributed by atoms with Crippen LogP contribution < -0.4 is 5.32 Å². The van der Waals surface area contributed by atoms with Crippen LogP contribution in [0.15, 0.2) is 24.4 Å². The molecule has 3 heterocycles. The van der Waals surface area contributed by atoms with E-state index in [1.807, 2.05) is 19.1 Å². The van der Waals surface area contributed by atoms with Gasteiger partial charge in [0.2, 0.25) is 5.01 Å². The van der Waals surface area contributed by atoms with E-state index < -0.39 is 0 Å². The molecule has 0 radical (unpaired) electrons. The number of hydrogen-bond acceptors (Lipinski definition) is 6. The summed E-state index contributed by atoms with van der Waals surface area (Å²) in [4.78, 5) is 20.1. The normalized spacial score (nSPS) is 10.6. The third kappa shape index (κ3) is 2.95. The zero-order valence-electron chi connectivity index (χ0n) is 11.4. The maximum atomic E-state index is 12.0. The van der Waals surface area contributed by atoms with Crippen molar-refractivity contribution in [2.75, 3.05) is 5.32 Å². The van der Waals surface area contributed by atoms with E-state index in [-0.39, 0.29) is 5.91 Å². The number of anilines is 1. The van der Waals surface area contributed by atoms with E-state index in [9.17, 15) is 4.79 Å². The Labute approximate surface area is 124 Å². The molecule has 21 heavy (non-hydrogen) atoms. The van der Waals surface area contributed by atoms with Crippen LogP contribution in [0.1, 0.15) is 21.3 Å². The van der Waals surface area contributed by atoms with Crippen LogP contribution in [0.25, 0.3) is 11.3 Å². The highest BCUT2D eigenvalue weighted by molar-refractivity contribution is 7.07. The van der Waals surface area contributed by atoms with Gasteiger partial charge in [0.05, 0.1) is 5.69 Å². The minimum Gasteiger partial charge on any atom is -0.303 e. The Morgan fingerprint density at radius 2 is 2.19 bits per heavy atom. The Morgan fingerprint density at radius 1 is 1.33 bits per heavy atom. The molecule has 0 bridgehead atoms. The molecule has 0 atom stereocenters. The fourth-order valence-electron chi connectivity index (χ4n) is 1.81. The monoisotopic (exact) mass is 300 g/mol. The fourth-order valence-corrected chi connectivity index (χ4v) is 2.37. The van der Waals surface area contributed by atoms with Gasteiger partial charge in [0, 0.05) is 23.5 Å². The van der Waals surface area contributed by atoms with Crippen molar-refractivity contribution in [2.24, 2.45) is 0 Å². The number of carbonyl (C=O) groups excluding carboxylic acids is 1. The third-order valence-corrected chi connectivity index (χ3v) is 3.55. The van der Waals surface area contributed by atoms with Gasteiger partial charge in [-0.15, -0.1) is 0 Å². The smallest absolute Gasteiger partial charge is 0.287 e. The number of carbonyl (C=O) groups is 1. The van der Waals surface area contributed by atoms with Gasteiger partial charge in [-0.25, -0.2) is 4.98 Å². The summed E-state index contributed by atoms with van der Waals surface area (Å²) in [6.45, 7) is 3.66. The first-order chi connectivity index (χ1) is 10.1. The molecule has 3 aromatic rings. The first-order valence-corrected chi connectivity index (χ1v) is 6.99. The third-order valence-electron chi connectivity index (χ3n) is 2.75. The first-order valence-electron chi connectivity index (χ1n) is 6.22. The van der Waals surface area contributed by atoms with Crippen LogP contribution in [-0.4, -0.2) is 30.4 Å². The highest BCUT2D eigenvalue weighted by Crippen LogP contribution is 2.20. The average Bonchev–Trinajstić information content (AvgIpc) is 3.08. The van der Waals surface area contributed by atoms with Gasteiger partial charge in [-0.2, -0.15) is 9.47 Å². The van der Waals surface area contributed by atoms with Gasteiger partial charge >= 0.3 is 0 Å². The molecule has 8 heteroatoms. The highest BCUT2D eigenvalue weighted by atomic mass is 32.1. The Kier molecular flexibility index (Phi) is 3.44. The van der Waals surface area contributed by atoms with E-state index in [4.69, 9.17) is 0 Å². The highest BCUT2D eigenvalue weighted by Gasteiger charge is 2.13. The molecule has 0 saturated heterocycles. The van der Waals surface area contributed by atoms with Crippen molar-refractivity contribution in [3.05, 3.63) is 40.9 Å². The van der Waals surface area contributed by atoms with Crippen LogP contribution in [-0.2, 0) is 0 Å². The molecule has 3 rings (SSSR count). The van der Waals surface area contributed by atoms with E-state index in [0.717, 1.165) is 28.5 Å². The van der Waals surface area contributed by atoms with Crippen LogP contribution >= 0.6 is 11.5 Å². The summed E-state index contributed by atoms with van der Waals surface area (Å²) in [5, 5.41) is 9.96. The van der Waals surface area contributed by atoms with E-state index in [1.54, 1.807) is 19.2 Å². The van der Waals surface area contributed by atoms with Crippen molar-refractivity contribution >= 4 is 23.3 Å². The number of amides is 1. The largest absolute Gasteiger partial charge is 0.303 e. The van der Waals surface area contributed by atoms with E-state index in [2.05, 4.69) is 29.9 Å². The van der Waals surface area contributed by atoms with Gasteiger partial charge < -0.3 is 5.32 Å². The second kappa shape index (κ2) is 5.41. The van der Waals surface area contributed by atoms with E-state index in [0.29, 0.717) is 16.6 Å². The molecule has 0 aliphatic heterocycles. The lowest BCUT2D eigenvalue weighted by atomic mass is 10.2. The average molecular weight is 300 g/mol. The molecular weight excluding hydrogens is 288 g/mol. The van der Waals surface area contributed by atoms with Crippen molar-refractivity contribution in [1.29, 1.82) is 0 Å². The van der Waals surface area contributed by atoms with Gasteiger partial charge in [0.15, 0.2) is 5.82 Å². The van der Waals surface area contributed by atoms with Gasteiger partial charge in [-0.3, -0.25) is 14.9 Å². The molecule has 0 aliphatic carbocycles. The number of aromatic nitrogens is 5. The zero-order valence-corrected chi connectivity index (χ0v) is 12.2. The maximum Gasteiger partial charge on any atom is 0.287 e. The van der Waals surface area contributed by atoms with Crippen molar-refractivity contribution in [1.82, 2.24) is 24.5 Å². The molecule has 0 spiro atoms. The van der Waals surface area contributed by atoms with E-state index >= 15 is 0 Å². The Hall–Kier alpha value is -2.61.